The second-order valence-corrected chi connectivity index (χ2v) is 7.78. The van der Waals surface area contributed by atoms with Crippen LogP contribution in [-0.4, -0.2) is 26.6 Å². The third-order valence-corrected chi connectivity index (χ3v) is 5.58. The average molecular weight is 427 g/mol. The molecule has 0 spiro atoms. The molecule has 4 rings (SSSR count). The minimum atomic E-state index is -0.752. The van der Waals surface area contributed by atoms with Crippen molar-refractivity contribution in [3.63, 3.8) is 0 Å². The lowest BCUT2D eigenvalue weighted by Crippen LogP contribution is -2.43. The number of carbonyl (C=O) groups is 1. The number of nitrogens with zero attached hydrogens (tertiary/aromatic N) is 3. The summed E-state index contributed by atoms with van der Waals surface area (Å²) >= 11 is 0. The van der Waals surface area contributed by atoms with Gasteiger partial charge in [0.15, 0.2) is 0 Å². The molecule has 162 valence electrons. The summed E-state index contributed by atoms with van der Waals surface area (Å²) in [6.07, 6.45) is 4.99. The smallest absolute Gasteiger partial charge is 0.388 e. The molecule has 2 aromatic carbocycles. The highest BCUT2D eigenvalue weighted by Crippen LogP contribution is 2.25. The van der Waals surface area contributed by atoms with E-state index in [1.54, 1.807) is 17.0 Å². The van der Waals surface area contributed by atoms with Crippen LogP contribution >= 0.6 is 0 Å². The Hall–Kier alpha value is -3.29. The van der Waals surface area contributed by atoms with Crippen molar-refractivity contribution in [3.8, 4) is 11.5 Å². The maximum absolute atomic E-state index is 13.3. The largest absolute Gasteiger partial charge is 0.437 e. The zero-order valence-corrected chi connectivity index (χ0v) is 17.0. The summed E-state index contributed by atoms with van der Waals surface area (Å²) in [7, 11) is 0. The van der Waals surface area contributed by atoms with Gasteiger partial charge in [0.2, 0.25) is 11.8 Å². The molecule has 0 aliphatic heterocycles. The molecule has 1 aromatic heterocycles. The zero-order chi connectivity index (χ0) is 21.8. The van der Waals surface area contributed by atoms with Crippen LogP contribution in [0.1, 0.15) is 37.7 Å². The molecule has 31 heavy (non-hydrogen) atoms. The fourth-order valence-corrected chi connectivity index (χ4v) is 3.93. The minimum Gasteiger partial charge on any atom is -0.388 e. The summed E-state index contributed by atoms with van der Waals surface area (Å²) in [6.45, 7) is 0.0718. The summed E-state index contributed by atoms with van der Waals surface area (Å²) in [5.74, 6) is -1.72. The van der Waals surface area contributed by atoms with Gasteiger partial charge in [-0.1, -0.05) is 31.4 Å². The Labute approximate surface area is 178 Å². The maximum Gasteiger partial charge on any atom is 0.437 e. The van der Waals surface area contributed by atoms with Crippen molar-refractivity contribution >= 4 is 5.91 Å². The minimum absolute atomic E-state index is 0.0283. The summed E-state index contributed by atoms with van der Waals surface area (Å²) in [6, 6.07) is 11.5. The highest BCUT2D eigenvalue weighted by molar-refractivity contribution is 5.76. The van der Waals surface area contributed by atoms with Gasteiger partial charge in [0.25, 0.3) is 0 Å². The molecule has 1 heterocycles. The van der Waals surface area contributed by atoms with E-state index < -0.39 is 11.6 Å². The van der Waals surface area contributed by atoms with Gasteiger partial charge in [-0.05, 0) is 54.8 Å². The van der Waals surface area contributed by atoms with Gasteiger partial charge in [0.1, 0.15) is 18.2 Å². The molecule has 0 unspecified atom stereocenters. The first-order valence-corrected chi connectivity index (χ1v) is 10.4. The number of hydrogen-bond acceptors (Lipinski definition) is 4. The molecular formula is C23H23F2N3O3. The van der Waals surface area contributed by atoms with Gasteiger partial charge < -0.3 is 9.32 Å². The standard InChI is InChI=1S/C23H23F2N3O3/c24-18-10-6-16(7-11-18)14-27(20-4-2-1-3-5-20)21(29)15-28-23(30)31-22(26-28)17-8-12-19(25)13-9-17/h6-13,20H,1-5,14-15H2. The first kappa shape index (κ1) is 21.0. The van der Waals surface area contributed by atoms with Crippen molar-refractivity contribution < 1.29 is 18.0 Å². The van der Waals surface area contributed by atoms with E-state index in [1.165, 1.54) is 36.4 Å². The van der Waals surface area contributed by atoms with Crippen LogP contribution in [-0.2, 0) is 17.9 Å². The van der Waals surface area contributed by atoms with Crippen LogP contribution in [0, 0.1) is 11.6 Å². The third kappa shape index (κ3) is 5.07. The van der Waals surface area contributed by atoms with E-state index in [0.717, 1.165) is 42.3 Å². The number of amides is 1. The topological polar surface area (TPSA) is 68.3 Å². The maximum atomic E-state index is 13.3. The monoisotopic (exact) mass is 427 g/mol. The number of carbonyl (C=O) groups excluding carboxylic acids is 1. The summed E-state index contributed by atoms with van der Waals surface area (Å²) < 4.78 is 32.6. The molecule has 0 atom stereocenters. The van der Waals surface area contributed by atoms with Crippen LogP contribution < -0.4 is 5.76 Å². The van der Waals surface area contributed by atoms with Gasteiger partial charge in [0, 0.05) is 18.2 Å². The molecular weight excluding hydrogens is 404 g/mol. The summed E-state index contributed by atoms with van der Waals surface area (Å²) in [5, 5.41) is 4.11. The molecule has 0 radical (unpaired) electrons. The molecule has 0 N–H and O–H groups in total. The Morgan fingerprint density at radius 2 is 1.61 bits per heavy atom. The van der Waals surface area contributed by atoms with Crippen molar-refractivity contribution in [1.82, 2.24) is 14.7 Å². The Morgan fingerprint density at radius 3 is 2.26 bits per heavy atom. The lowest BCUT2D eigenvalue weighted by Gasteiger charge is -2.34. The second-order valence-electron chi connectivity index (χ2n) is 7.78. The fraction of sp³-hybridized carbons (Fsp3) is 0.348. The highest BCUT2D eigenvalue weighted by atomic mass is 19.1. The quantitative estimate of drug-likeness (QED) is 0.593. The average Bonchev–Trinajstić information content (AvgIpc) is 3.14. The molecule has 0 bridgehead atoms. The van der Waals surface area contributed by atoms with Gasteiger partial charge in [-0.15, -0.1) is 5.10 Å². The Kier molecular flexibility index (Phi) is 6.25. The third-order valence-electron chi connectivity index (χ3n) is 5.58. The Balaban J connectivity index is 1.54. The molecule has 1 aliphatic carbocycles. The van der Waals surface area contributed by atoms with Crippen LogP contribution in [0.4, 0.5) is 8.78 Å². The van der Waals surface area contributed by atoms with E-state index >= 15 is 0 Å². The van der Waals surface area contributed by atoms with Gasteiger partial charge in [-0.3, -0.25) is 4.79 Å². The van der Waals surface area contributed by atoms with Crippen molar-refractivity contribution in [2.75, 3.05) is 0 Å². The van der Waals surface area contributed by atoms with Crippen molar-refractivity contribution in [2.45, 2.75) is 51.2 Å². The number of halogens is 2. The predicted molar refractivity (Wildman–Crippen MR) is 110 cm³/mol. The van der Waals surface area contributed by atoms with E-state index in [2.05, 4.69) is 5.10 Å². The van der Waals surface area contributed by atoms with E-state index in [-0.39, 0.29) is 30.2 Å². The van der Waals surface area contributed by atoms with Crippen LogP contribution in [0.25, 0.3) is 11.5 Å². The molecule has 1 saturated carbocycles. The van der Waals surface area contributed by atoms with Crippen LogP contribution in [0.5, 0.6) is 0 Å². The van der Waals surface area contributed by atoms with Crippen LogP contribution in [0.2, 0.25) is 0 Å². The normalized spacial score (nSPS) is 14.5. The molecule has 0 saturated heterocycles. The molecule has 3 aromatic rings. The van der Waals surface area contributed by atoms with Gasteiger partial charge in [-0.25, -0.2) is 13.6 Å². The van der Waals surface area contributed by atoms with Crippen molar-refractivity contribution in [2.24, 2.45) is 0 Å². The van der Waals surface area contributed by atoms with Gasteiger partial charge in [-0.2, -0.15) is 4.68 Å². The van der Waals surface area contributed by atoms with Gasteiger partial charge in [0.05, 0.1) is 0 Å². The van der Waals surface area contributed by atoms with Crippen molar-refractivity contribution in [3.05, 3.63) is 76.3 Å². The molecule has 6 nitrogen and oxygen atoms in total. The van der Waals surface area contributed by atoms with Crippen LogP contribution in [0.15, 0.2) is 57.7 Å². The molecule has 1 amide bonds. The Bertz CT molecular complexity index is 1080. The first-order chi connectivity index (χ1) is 15.0. The zero-order valence-electron chi connectivity index (χ0n) is 17.0. The Morgan fingerprint density at radius 1 is 1.00 bits per heavy atom. The van der Waals surface area contributed by atoms with E-state index in [1.807, 2.05) is 0 Å². The van der Waals surface area contributed by atoms with E-state index in [4.69, 9.17) is 4.42 Å². The highest BCUT2D eigenvalue weighted by Gasteiger charge is 2.27. The van der Waals surface area contributed by atoms with E-state index in [9.17, 15) is 18.4 Å². The van der Waals surface area contributed by atoms with E-state index in [0.29, 0.717) is 12.1 Å². The lowest BCUT2D eigenvalue weighted by molar-refractivity contribution is -0.136. The van der Waals surface area contributed by atoms with Gasteiger partial charge >= 0.3 is 5.76 Å². The molecule has 8 heteroatoms. The van der Waals surface area contributed by atoms with Crippen molar-refractivity contribution in [1.29, 1.82) is 0 Å². The number of hydrogen-bond donors (Lipinski definition) is 0. The molecule has 1 aliphatic rings. The fourth-order valence-electron chi connectivity index (χ4n) is 3.93. The number of aromatic nitrogens is 2. The first-order valence-electron chi connectivity index (χ1n) is 10.4. The lowest BCUT2D eigenvalue weighted by atomic mass is 9.93. The SMILES string of the molecule is O=C(Cn1nc(-c2ccc(F)cc2)oc1=O)N(Cc1ccc(F)cc1)C1CCCCC1. The molecule has 1 fully saturated rings. The number of benzene rings is 2. The second kappa shape index (κ2) is 9.24. The predicted octanol–water partition coefficient (Wildman–Crippen LogP) is 4.14. The number of rotatable bonds is 6. The summed E-state index contributed by atoms with van der Waals surface area (Å²) in [5.41, 5.74) is 1.26. The van der Waals surface area contributed by atoms with Crippen LogP contribution in [0.3, 0.4) is 0 Å². The summed E-state index contributed by atoms with van der Waals surface area (Å²) in [4.78, 5) is 27.2.